The van der Waals surface area contributed by atoms with Crippen LogP contribution in [-0.2, 0) is 0 Å². The van der Waals surface area contributed by atoms with Crippen molar-refractivity contribution in [3.8, 4) is 0 Å². The zero-order valence-corrected chi connectivity index (χ0v) is 20.9. The van der Waals surface area contributed by atoms with E-state index >= 15 is 0 Å². The van der Waals surface area contributed by atoms with Crippen LogP contribution in [0.15, 0.2) is 121 Å². The molecule has 0 bridgehead atoms. The van der Waals surface area contributed by atoms with Crippen LogP contribution in [0.1, 0.15) is 0 Å². The standard InChI is InChI=1S/C36H21N3/c1-4-16-29-21(9-1)28-19-33-34(20-30(28)37-29)39-32-18-6-3-11-23(32)25-13-8-15-27(36(25)39)26-14-7-12-24-22-10-2-5-17-31(22)38(33)35(24)26/h1-20,37H. The molecule has 0 aliphatic heterocycles. The summed E-state index contributed by atoms with van der Waals surface area (Å²) < 4.78 is 5.00. The molecule has 0 aliphatic carbocycles. The van der Waals surface area contributed by atoms with Crippen LogP contribution >= 0.6 is 0 Å². The molecule has 39 heavy (non-hydrogen) atoms. The second-order valence-corrected chi connectivity index (χ2v) is 10.7. The summed E-state index contributed by atoms with van der Waals surface area (Å²) in [6.45, 7) is 0. The number of H-pyrrole nitrogens is 1. The third kappa shape index (κ3) is 2.31. The fourth-order valence-corrected chi connectivity index (χ4v) is 7.21. The van der Waals surface area contributed by atoms with Crippen molar-refractivity contribution in [3.63, 3.8) is 0 Å². The van der Waals surface area contributed by atoms with Gasteiger partial charge in [-0.15, -0.1) is 0 Å². The first-order valence-electron chi connectivity index (χ1n) is 13.5. The highest BCUT2D eigenvalue weighted by Crippen LogP contribution is 2.41. The Hall–Kier alpha value is -5.28. The van der Waals surface area contributed by atoms with Gasteiger partial charge in [-0.2, -0.15) is 0 Å². The van der Waals surface area contributed by atoms with Crippen LogP contribution in [0.25, 0.3) is 87.2 Å². The van der Waals surface area contributed by atoms with Crippen LogP contribution in [0.4, 0.5) is 0 Å². The minimum absolute atomic E-state index is 1.15. The average Bonchev–Trinajstić information content (AvgIpc) is 3.63. The van der Waals surface area contributed by atoms with E-state index in [0.717, 1.165) is 11.0 Å². The zero-order chi connectivity index (χ0) is 25.2. The largest absolute Gasteiger partial charge is 0.354 e. The summed E-state index contributed by atoms with van der Waals surface area (Å²) in [6.07, 6.45) is 0. The molecular formula is C36H21N3. The van der Waals surface area contributed by atoms with Crippen molar-refractivity contribution in [1.29, 1.82) is 0 Å². The van der Waals surface area contributed by atoms with Crippen molar-refractivity contribution >= 4 is 87.2 Å². The third-order valence-corrected chi connectivity index (χ3v) is 8.76. The van der Waals surface area contributed by atoms with E-state index in [1.54, 1.807) is 0 Å². The van der Waals surface area contributed by atoms with E-state index in [9.17, 15) is 0 Å². The second-order valence-electron chi connectivity index (χ2n) is 10.7. The van der Waals surface area contributed by atoms with Gasteiger partial charge in [0.2, 0.25) is 0 Å². The number of hydrogen-bond donors (Lipinski definition) is 1. The molecule has 0 radical (unpaired) electrons. The van der Waals surface area contributed by atoms with Crippen molar-refractivity contribution in [2.45, 2.75) is 0 Å². The molecule has 0 fully saturated rings. The smallest absolute Gasteiger partial charge is 0.0724 e. The zero-order valence-electron chi connectivity index (χ0n) is 20.9. The summed E-state index contributed by atoms with van der Waals surface area (Å²) in [6, 6.07) is 44.6. The molecule has 6 aromatic carbocycles. The fraction of sp³-hybridized carbons (Fsp3) is 0. The molecular weight excluding hydrogens is 474 g/mol. The third-order valence-electron chi connectivity index (χ3n) is 8.76. The first-order chi connectivity index (χ1) is 19.4. The molecule has 0 aliphatic rings. The number of hydrogen-bond acceptors (Lipinski definition) is 0. The Kier molecular flexibility index (Phi) is 3.44. The van der Waals surface area contributed by atoms with Gasteiger partial charge >= 0.3 is 0 Å². The predicted octanol–water partition coefficient (Wildman–Crippen LogP) is 9.59. The predicted molar refractivity (Wildman–Crippen MR) is 165 cm³/mol. The molecule has 10 aromatic rings. The first kappa shape index (κ1) is 19.8. The highest BCUT2D eigenvalue weighted by molar-refractivity contribution is 6.26. The van der Waals surface area contributed by atoms with Crippen LogP contribution in [0.5, 0.6) is 0 Å². The minimum atomic E-state index is 1.15. The maximum Gasteiger partial charge on any atom is 0.0724 e. The lowest BCUT2D eigenvalue weighted by Gasteiger charge is -2.11. The van der Waals surface area contributed by atoms with Gasteiger partial charge in [0.15, 0.2) is 0 Å². The van der Waals surface area contributed by atoms with Crippen molar-refractivity contribution in [2.75, 3.05) is 0 Å². The Morgan fingerprint density at radius 3 is 1.41 bits per heavy atom. The quantitative estimate of drug-likeness (QED) is 0.217. The number of aromatic amines is 1. The first-order valence-corrected chi connectivity index (χ1v) is 13.5. The number of aromatic nitrogens is 3. The topological polar surface area (TPSA) is 24.6 Å². The van der Waals surface area contributed by atoms with Crippen LogP contribution in [-0.4, -0.2) is 13.8 Å². The molecule has 180 valence electrons. The number of nitrogens with one attached hydrogen (secondary N) is 1. The summed E-state index contributed by atoms with van der Waals surface area (Å²) in [5.41, 5.74) is 9.68. The maximum atomic E-state index is 3.71. The Labute approximate surface area is 222 Å². The lowest BCUT2D eigenvalue weighted by molar-refractivity contribution is 1.30. The van der Waals surface area contributed by atoms with E-state index in [1.165, 1.54) is 76.2 Å². The lowest BCUT2D eigenvalue weighted by Crippen LogP contribution is -1.94. The Bertz CT molecular complexity index is 2660. The van der Waals surface area contributed by atoms with Gasteiger partial charge < -0.3 is 13.8 Å². The minimum Gasteiger partial charge on any atom is -0.354 e. The number of benzene rings is 6. The van der Waals surface area contributed by atoms with E-state index in [-0.39, 0.29) is 0 Å². The Morgan fingerprint density at radius 2 is 0.795 bits per heavy atom. The van der Waals surface area contributed by atoms with Crippen LogP contribution in [0.2, 0.25) is 0 Å². The molecule has 3 heteroatoms. The highest BCUT2D eigenvalue weighted by Gasteiger charge is 2.19. The van der Waals surface area contributed by atoms with E-state index in [1.807, 2.05) is 0 Å². The lowest BCUT2D eigenvalue weighted by atomic mass is 10.0. The molecule has 1 N–H and O–H groups in total. The number of fused-ring (bicyclic) bond motifs is 13. The Morgan fingerprint density at radius 1 is 0.333 bits per heavy atom. The molecule has 10 rings (SSSR count). The highest BCUT2D eigenvalue weighted by atomic mass is 15.0. The van der Waals surface area contributed by atoms with Gasteiger partial charge in [0.25, 0.3) is 0 Å². The molecule has 0 atom stereocenters. The molecule has 0 unspecified atom stereocenters. The summed E-state index contributed by atoms with van der Waals surface area (Å²) in [5, 5.41) is 10.2. The molecule has 0 spiro atoms. The van der Waals surface area contributed by atoms with Crippen molar-refractivity contribution in [2.24, 2.45) is 0 Å². The molecule has 0 saturated carbocycles. The van der Waals surface area contributed by atoms with Crippen molar-refractivity contribution in [3.05, 3.63) is 121 Å². The van der Waals surface area contributed by atoms with Gasteiger partial charge in [0.05, 0.1) is 33.1 Å². The monoisotopic (exact) mass is 495 g/mol. The van der Waals surface area contributed by atoms with E-state index in [4.69, 9.17) is 0 Å². The van der Waals surface area contributed by atoms with Gasteiger partial charge in [0, 0.05) is 54.1 Å². The van der Waals surface area contributed by atoms with Gasteiger partial charge in [-0.3, -0.25) is 0 Å². The van der Waals surface area contributed by atoms with E-state index in [0.29, 0.717) is 0 Å². The van der Waals surface area contributed by atoms with E-state index in [2.05, 4.69) is 135 Å². The van der Waals surface area contributed by atoms with Crippen LogP contribution < -0.4 is 0 Å². The summed E-state index contributed by atoms with van der Waals surface area (Å²) in [5.74, 6) is 0. The van der Waals surface area contributed by atoms with Crippen LogP contribution in [0, 0.1) is 0 Å². The van der Waals surface area contributed by atoms with Crippen molar-refractivity contribution in [1.82, 2.24) is 13.8 Å². The number of para-hydroxylation sites is 5. The van der Waals surface area contributed by atoms with Crippen LogP contribution in [0.3, 0.4) is 0 Å². The maximum absolute atomic E-state index is 3.71. The van der Waals surface area contributed by atoms with Crippen molar-refractivity contribution < 1.29 is 0 Å². The molecule has 3 nitrogen and oxygen atoms in total. The fourth-order valence-electron chi connectivity index (χ4n) is 7.21. The molecule has 4 heterocycles. The number of rotatable bonds is 0. The molecule has 0 saturated heterocycles. The molecule has 4 aromatic heterocycles. The van der Waals surface area contributed by atoms with Gasteiger partial charge in [0.1, 0.15) is 0 Å². The number of nitrogens with zero attached hydrogens (tertiary/aromatic N) is 2. The normalized spacial score (nSPS) is 12.6. The van der Waals surface area contributed by atoms with Gasteiger partial charge in [-0.1, -0.05) is 91.0 Å². The van der Waals surface area contributed by atoms with Gasteiger partial charge in [-0.05, 0) is 30.3 Å². The van der Waals surface area contributed by atoms with Gasteiger partial charge in [-0.25, -0.2) is 0 Å². The SMILES string of the molecule is c1ccc2c(c1)[nH]c1cc3c(cc12)n1c2ccccc2c2cccc(c4cccc5c6ccccc6n3c54)c21. The summed E-state index contributed by atoms with van der Waals surface area (Å²) in [4.78, 5) is 3.71. The summed E-state index contributed by atoms with van der Waals surface area (Å²) in [7, 11) is 0. The summed E-state index contributed by atoms with van der Waals surface area (Å²) >= 11 is 0. The average molecular weight is 496 g/mol. The van der Waals surface area contributed by atoms with E-state index < -0.39 is 0 Å². The Balaban J connectivity index is 1.68. The molecule has 0 amide bonds. The second kappa shape index (κ2) is 6.77.